The van der Waals surface area contributed by atoms with E-state index in [0.29, 0.717) is 6.54 Å². The zero-order valence-corrected chi connectivity index (χ0v) is 14.3. The predicted octanol–water partition coefficient (Wildman–Crippen LogP) is 2.47. The monoisotopic (exact) mass is 323 g/mol. The fourth-order valence-corrected chi connectivity index (χ4v) is 3.04. The van der Waals surface area contributed by atoms with Gasteiger partial charge in [-0.3, -0.25) is 14.6 Å². The fourth-order valence-electron chi connectivity index (χ4n) is 3.04. The van der Waals surface area contributed by atoms with E-state index >= 15 is 0 Å². The number of hydrogen-bond acceptors (Lipinski definition) is 3. The molecule has 0 spiro atoms. The van der Waals surface area contributed by atoms with Crippen molar-refractivity contribution in [2.24, 2.45) is 0 Å². The average molecular weight is 323 g/mol. The van der Waals surface area contributed by atoms with Crippen LogP contribution in [0.25, 0.3) is 0 Å². The number of amides is 1. The second kappa shape index (κ2) is 8.08. The third-order valence-electron chi connectivity index (χ3n) is 4.59. The first-order valence-electron chi connectivity index (χ1n) is 8.52. The maximum absolute atomic E-state index is 12.5. The van der Waals surface area contributed by atoms with Crippen LogP contribution in [-0.2, 0) is 11.3 Å². The van der Waals surface area contributed by atoms with Crippen LogP contribution < -0.4 is 4.90 Å². The van der Waals surface area contributed by atoms with E-state index in [0.717, 1.165) is 38.4 Å². The summed E-state index contributed by atoms with van der Waals surface area (Å²) in [5, 5.41) is 0. The summed E-state index contributed by atoms with van der Waals surface area (Å²) in [6, 6.07) is 20.4. The fraction of sp³-hybridized carbons (Fsp3) is 0.350. The normalized spacial score (nSPS) is 16.0. The molecule has 1 saturated heterocycles. The van der Waals surface area contributed by atoms with Gasteiger partial charge in [0.25, 0.3) is 0 Å². The summed E-state index contributed by atoms with van der Waals surface area (Å²) < 4.78 is 0. The van der Waals surface area contributed by atoms with Crippen LogP contribution in [0.2, 0.25) is 0 Å². The van der Waals surface area contributed by atoms with Crippen molar-refractivity contribution in [3.63, 3.8) is 0 Å². The van der Waals surface area contributed by atoms with E-state index in [-0.39, 0.29) is 5.91 Å². The number of carbonyl (C=O) groups is 1. The molecule has 1 amide bonds. The number of hydrogen-bond donors (Lipinski definition) is 0. The number of carbonyl (C=O) groups excluding carboxylic acids is 1. The van der Waals surface area contributed by atoms with E-state index in [1.54, 1.807) is 4.90 Å². The lowest BCUT2D eigenvalue weighted by molar-refractivity contribution is -0.119. The summed E-state index contributed by atoms with van der Waals surface area (Å²) >= 11 is 0. The van der Waals surface area contributed by atoms with Crippen LogP contribution in [0.3, 0.4) is 0 Å². The molecular weight excluding hydrogens is 298 g/mol. The third-order valence-corrected chi connectivity index (χ3v) is 4.59. The van der Waals surface area contributed by atoms with Gasteiger partial charge >= 0.3 is 0 Å². The molecule has 3 rings (SSSR count). The molecular formula is C20H25N3O. The molecule has 1 aliphatic heterocycles. The van der Waals surface area contributed by atoms with Crippen LogP contribution in [0.5, 0.6) is 0 Å². The molecule has 0 aliphatic carbocycles. The SMILES string of the molecule is CN(C(=O)CN1CCN(Cc2ccccc2)CC1)c1ccccc1. The Morgan fingerprint density at radius 2 is 1.42 bits per heavy atom. The van der Waals surface area contributed by atoms with E-state index in [4.69, 9.17) is 0 Å². The summed E-state index contributed by atoms with van der Waals surface area (Å²) in [5.74, 6) is 0.151. The molecule has 0 atom stereocenters. The van der Waals surface area contributed by atoms with Crippen molar-refractivity contribution in [2.45, 2.75) is 6.54 Å². The van der Waals surface area contributed by atoms with Gasteiger partial charge in [-0.15, -0.1) is 0 Å². The highest BCUT2D eigenvalue weighted by Crippen LogP contribution is 2.13. The van der Waals surface area contributed by atoms with Gasteiger partial charge in [-0.05, 0) is 17.7 Å². The molecule has 1 fully saturated rings. The highest BCUT2D eigenvalue weighted by molar-refractivity contribution is 5.94. The quantitative estimate of drug-likeness (QED) is 0.846. The number of anilines is 1. The molecule has 4 heteroatoms. The zero-order chi connectivity index (χ0) is 16.8. The van der Waals surface area contributed by atoms with Crippen molar-refractivity contribution >= 4 is 11.6 Å². The van der Waals surface area contributed by atoms with Crippen LogP contribution >= 0.6 is 0 Å². The number of rotatable bonds is 5. The van der Waals surface area contributed by atoms with Crippen molar-refractivity contribution in [2.75, 3.05) is 44.7 Å². The number of piperazine rings is 1. The van der Waals surface area contributed by atoms with Crippen LogP contribution in [0.15, 0.2) is 60.7 Å². The molecule has 2 aromatic rings. The minimum atomic E-state index is 0.151. The Bertz CT molecular complexity index is 636. The first-order valence-corrected chi connectivity index (χ1v) is 8.52. The smallest absolute Gasteiger partial charge is 0.240 e. The van der Waals surface area contributed by atoms with Crippen LogP contribution in [-0.4, -0.2) is 55.5 Å². The highest BCUT2D eigenvalue weighted by Gasteiger charge is 2.20. The molecule has 0 saturated carbocycles. The van der Waals surface area contributed by atoms with Crippen molar-refractivity contribution in [3.05, 3.63) is 66.2 Å². The molecule has 0 radical (unpaired) electrons. The molecule has 2 aromatic carbocycles. The van der Waals surface area contributed by atoms with Gasteiger partial charge in [0.2, 0.25) is 5.91 Å². The molecule has 1 aliphatic rings. The lowest BCUT2D eigenvalue weighted by Gasteiger charge is -2.35. The van der Waals surface area contributed by atoms with Gasteiger partial charge in [-0.2, -0.15) is 0 Å². The number of likely N-dealkylation sites (N-methyl/N-ethyl adjacent to an activating group) is 1. The molecule has 0 bridgehead atoms. The van der Waals surface area contributed by atoms with Crippen LogP contribution in [0.1, 0.15) is 5.56 Å². The van der Waals surface area contributed by atoms with E-state index in [1.807, 2.05) is 37.4 Å². The molecule has 4 nitrogen and oxygen atoms in total. The molecule has 0 aromatic heterocycles. The Kier molecular flexibility index (Phi) is 5.62. The summed E-state index contributed by atoms with van der Waals surface area (Å²) in [6.07, 6.45) is 0. The van der Waals surface area contributed by atoms with Gasteiger partial charge < -0.3 is 4.90 Å². The lowest BCUT2D eigenvalue weighted by Crippen LogP contribution is -2.49. The van der Waals surface area contributed by atoms with Crippen molar-refractivity contribution in [3.8, 4) is 0 Å². The maximum Gasteiger partial charge on any atom is 0.240 e. The molecule has 24 heavy (non-hydrogen) atoms. The summed E-state index contributed by atoms with van der Waals surface area (Å²) in [5.41, 5.74) is 2.30. The van der Waals surface area contributed by atoms with E-state index in [9.17, 15) is 4.79 Å². The molecule has 1 heterocycles. The van der Waals surface area contributed by atoms with Gasteiger partial charge in [0.15, 0.2) is 0 Å². The van der Waals surface area contributed by atoms with E-state index in [1.165, 1.54) is 5.56 Å². The first kappa shape index (κ1) is 16.7. The van der Waals surface area contributed by atoms with E-state index in [2.05, 4.69) is 40.1 Å². The van der Waals surface area contributed by atoms with Gasteiger partial charge in [0.1, 0.15) is 0 Å². The molecule has 0 N–H and O–H groups in total. The predicted molar refractivity (Wildman–Crippen MR) is 98.0 cm³/mol. The first-order chi connectivity index (χ1) is 11.7. The molecule has 126 valence electrons. The van der Waals surface area contributed by atoms with Crippen molar-refractivity contribution < 1.29 is 4.79 Å². The van der Waals surface area contributed by atoms with Gasteiger partial charge in [-0.1, -0.05) is 48.5 Å². The minimum Gasteiger partial charge on any atom is -0.314 e. The Morgan fingerprint density at radius 3 is 2.04 bits per heavy atom. The maximum atomic E-state index is 12.5. The summed E-state index contributed by atoms with van der Waals surface area (Å²) in [6.45, 7) is 5.40. The lowest BCUT2D eigenvalue weighted by atomic mass is 10.2. The third kappa shape index (κ3) is 4.43. The van der Waals surface area contributed by atoms with Crippen molar-refractivity contribution in [1.82, 2.24) is 9.80 Å². The Morgan fingerprint density at radius 1 is 0.875 bits per heavy atom. The Balaban J connectivity index is 1.46. The Labute approximate surface area is 144 Å². The van der Waals surface area contributed by atoms with Crippen molar-refractivity contribution in [1.29, 1.82) is 0 Å². The topological polar surface area (TPSA) is 26.8 Å². The van der Waals surface area contributed by atoms with Gasteiger partial charge in [-0.25, -0.2) is 0 Å². The highest BCUT2D eigenvalue weighted by atomic mass is 16.2. The average Bonchev–Trinajstić information content (AvgIpc) is 2.64. The summed E-state index contributed by atoms with van der Waals surface area (Å²) in [4.78, 5) is 18.9. The number of para-hydroxylation sites is 1. The summed E-state index contributed by atoms with van der Waals surface area (Å²) in [7, 11) is 1.85. The van der Waals surface area contributed by atoms with E-state index < -0.39 is 0 Å². The zero-order valence-electron chi connectivity index (χ0n) is 14.3. The van der Waals surface area contributed by atoms with Gasteiger partial charge in [0.05, 0.1) is 6.54 Å². The second-order valence-corrected chi connectivity index (χ2v) is 6.33. The minimum absolute atomic E-state index is 0.151. The largest absolute Gasteiger partial charge is 0.314 e. The molecule has 0 unspecified atom stereocenters. The second-order valence-electron chi connectivity index (χ2n) is 6.33. The number of nitrogens with zero attached hydrogens (tertiary/aromatic N) is 3. The van der Waals surface area contributed by atoms with Crippen LogP contribution in [0, 0.1) is 0 Å². The standard InChI is InChI=1S/C20H25N3O/c1-21(19-10-6-3-7-11-19)20(24)17-23-14-12-22(13-15-23)16-18-8-4-2-5-9-18/h2-11H,12-17H2,1H3. The van der Waals surface area contributed by atoms with Gasteiger partial charge in [0, 0.05) is 45.5 Å². The van der Waals surface area contributed by atoms with Crippen LogP contribution in [0.4, 0.5) is 5.69 Å². The number of benzene rings is 2. The Hall–Kier alpha value is -2.17.